The summed E-state index contributed by atoms with van der Waals surface area (Å²) < 4.78 is 0. The van der Waals surface area contributed by atoms with E-state index < -0.39 is 4.87 Å². The zero-order valence-corrected chi connectivity index (χ0v) is 11.7. The van der Waals surface area contributed by atoms with E-state index in [1.54, 1.807) is 0 Å². The second-order valence-corrected chi connectivity index (χ2v) is 5.71. The maximum Gasteiger partial charge on any atom is 0.0784 e. The van der Waals surface area contributed by atoms with Gasteiger partial charge in [-0.1, -0.05) is 48.1 Å². The Morgan fingerprint density at radius 1 is 1.06 bits per heavy atom. The van der Waals surface area contributed by atoms with Gasteiger partial charge >= 0.3 is 0 Å². The van der Waals surface area contributed by atoms with Gasteiger partial charge in [0.1, 0.15) is 0 Å². The molecule has 2 aliphatic carbocycles. The summed E-state index contributed by atoms with van der Waals surface area (Å²) in [6.45, 7) is 1.91. The van der Waals surface area contributed by atoms with Crippen molar-refractivity contribution >= 4 is 23.2 Å². The minimum atomic E-state index is -0.512. The first-order valence-corrected chi connectivity index (χ1v) is 6.55. The highest BCUT2D eigenvalue weighted by Gasteiger charge is 2.17. The number of halogens is 2. The van der Waals surface area contributed by atoms with E-state index in [4.69, 9.17) is 28.9 Å². The molecule has 1 unspecified atom stereocenters. The lowest BCUT2D eigenvalue weighted by atomic mass is 10.0. The summed E-state index contributed by atoms with van der Waals surface area (Å²) in [7, 11) is 0. The molecule has 0 radical (unpaired) electrons. The first-order valence-electron chi connectivity index (χ1n) is 5.80. The largest absolute Gasteiger partial charge is 0.398 e. The molecule has 3 heteroatoms. The first-order chi connectivity index (χ1) is 8.49. The van der Waals surface area contributed by atoms with Gasteiger partial charge in [-0.15, -0.1) is 11.6 Å². The van der Waals surface area contributed by atoms with Crippen molar-refractivity contribution in [3.8, 4) is 0 Å². The molecule has 2 rings (SSSR count). The highest BCUT2D eigenvalue weighted by atomic mass is 35.5. The maximum atomic E-state index is 6.30. The van der Waals surface area contributed by atoms with Crippen molar-refractivity contribution in [2.24, 2.45) is 5.73 Å². The highest BCUT2D eigenvalue weighted by molar-refractivity contribution is 6.32. The van der Waals surface area contributed by atoms with Gasteiger partial charge in [-0.3, -0.25) is 0 Å². The highest BCUT2D eigenvalue weighted by Crippen LogP contribution is 2.31. The molecule has 2 aliphatic rings. The normalized spacial score (nSPS) is 27.7. The van der Waals surface area contributed by atoms with Gasteiger partial charge in [0.25, 0.3) is 0 Å². The van der Waals surface area contributed by atoms with Crippen LogP contribution in [0.15, 0.2) is 70.5 Å². The van der Waals surface area contributed by atoms with Gasteiger partial charge in [-0.2, -0.15) is 0 Å². The van der Waals surface area contributed by atoms with Crippen molar-refractivity contribution in [3.05, 3.63) is 70.5 Å². The van der Waals surface area contributed by atoms with Crippen molar-refractivity contribution in [2.45, 2.75) is 18.2 Å². The molecule has 94 valence electrons. The zero-order valence-electron chi connectivity index (χ0n) is 10.2. The lowest BCUT2D eigenvalue weighted by Crippen LogP contribution is -2.06. The number of alkyl halides is 1. The summed E-state index contributed by atoms with van der Waals surface area (Å²) in [5, 5.41) is 0.647. The fourth-order valence-electron chi connectivity index (χ4n) is 1.82. The van der Waals surface area contributed by atoms with Gasteiger partial charge in [0, 0.05) is 21.9 Å². The van der Waals surface area contributed by atoms with Crippen LogP contribution in [0.5, 0.6) is 0 Å². The minimum Gasteiger partial charge on any atom is -0.398 e. The van der Waals surface area contributed by atoms with Crippen molar-refractivity contribution < 1.29 is 0 Å². The van der Waals surface area contributed by atoms with Crippen LogP contribution in [0.1, 0.15) is 13.3 Å². The van der Waals surface area contributed by atoms with Gasteiger partial charge < -0.3 is 5.73 Å². The molecule has 0 heterocycles. The van der Waals surface area contributed by atoms with Crippen LogP contribution in [-0.2, 0) is 0 Å². The van der Waals surface area contributed by atoms with Crippen LogP contribution in [-0.4, -0.2) is 4.87 Å². The molecule has 0 amide bonds. The summed E-state index contributed by atoms with van der Waals surface area (Å²) in [6.07, 6.45) is 16.4. The van der Waals surface area contributed by atoms with E-state index in [0.29, 0.717) is 10.7 Å². The molecule has 0 aliphatic heterocycles. The Labute approximate surface area is 118 Å². The van der Waals surface area contributed by atoms with Gasteiger partial charge in [-0.25, -0.2) is 0 Å². The quantitative estimate of drug-likeness (QED) is 0.711. The van der Waals surface area contributed by atoms with E-state index in [2.05, 4.69) is 6.08 Å². The lowest BCUT2D eigenvalue weighted by Gasteiger charge is -2.10. The fraction of sp³-hybridized carbons (Fsp3) is 0.200. The van der Waals surface area contributed by atoms with Gasteiger partial charge in [0.2, 0.25) is 0 Å². The molecule has 0 aromatic heterocycles. The SMILES string of the molecule is CC1(Cl)C=CC(Cl)=C(C2=C(N)C=CCC=C2)C=C1. The molecule has 18 heavy (non-hydrogen) atoms. The average Bonchev–Trinajstić information content (AvgIpc) is 2.59. The third-order valence-corrected chi connectivity index (χ3v) is 3.43. The Hall–Kier alpha value is -1.18. The molecule has 2 N–H and O–H groups in total. The number of hydrogen-bond acceptors (Lipinski definition) is 1. The first kappa shape index (κ1) is 13.3. The standard InChI is InChI=1S/C15H15Cl2N/c1-15(17)9-7-11(13(16)8-10-15)12-5-3-2-4-6-14(12)18/h3-10H,2,18H2,1H3. The molecular formula is C15H15Cl2N. The number of nitrogens with two attached hydrogens (primary N) is 1. The average molecular weight is 280 g/mol. The summed E-state index contributed by atoms with van der Waals surface area (Å²) in [5.41, 5.74) is 8.60. The van der Waals surface area contributed by atoms with E-state index in [1.165, 1.54) is 0 Å². The molecule has 0 spiro atoms. The smallest absolute Gasteiger partial charge is 0.0784 e. The van der Waals surface area contributed by atoms with Gasteiger partial charge in [0.05, 0.1) is 4.87 Å². The summed E-state index contributed by atoms with van der Waals surface area (Å²) >= 11 is 12.6. The molecule has 0 saturated heterocycles. The topological polar surface area (TPSA) is 26.0 Å². The predicted molar refractivity (Wildman–Crippen MR) is 79.5 cm³/mol. The number of allylic oxidation sites excluding steroid dienone is 11. The Kier molecular flexibility index (Phi) is 3.84. The van der Waals surface area contributed by atoms with Crippen molar-refractivity contribution in [2.75, 3.05) is 0 Å². The zero-order chi connectivity index (χ0) is 13.2. The third kappa shape index (κ3) is 2.98. The molecule has 0 bridgehead atoms. The predicted octanol–water partition coefficient (Wildman–Crippen LogP) is 4.33. The van der Waals surface area contributed by atoms with E-state index in [1.807, 2.05) is 49.5 Å². The lowest BCUT2D eigenvalue weighted by molar-refractivity contribution is 0.992. The van der Waals surface area contributed by atoms with Crippen LogP contribution in [0.3, 0.4) is 0 Å². The monoisotopic (exact) mass is 279 g/mol. The summed E-state index contributed by atoms with van der Waals surface area (Å²) in [6, 6.07) is 0. The number of rotatable bonds is 1. The van der Waals surface area contributed by atoms with E-state index >= 15 is 0 Å². The second-order valence-electron chi connectivity index (χ2n) is 4.49. The van der Waals surface area contributed by atoms with Crippen LogP contribution in [0.4, 0.5) is 0 Å². The molecule has 0 saturated carbocycles. The molecule has 1 atom stereocenters. The third-order valence-electron chi connectivity index (χ3n) is 2.84. The fourth-order valence-corrected chi connectivity index (χ4v) is 2.17. The maximum absolute atomic E-state index is 6.30. The van der Waals surface area contributed by atoms with E-state index in [0.717, 1.165) is 17.6 Å². The van der Waals surface area contributed by atoms with E-state index in [-0.39, 0.29) is 0 Å². The molecule has 0 aromatic carbocycles. The van der Waals surface area contributed by atoms with Crippen LogP contribution in [0.25, 0.3) is 0 Å². The minimum absolute atomic E-state index is 0.512. The molecule has 0 fully saturated rings. The number of hydrogen-bond donors (Lipinski definition) is 1. The van der Waals surface area contributed by atoms with E-state index in [9.17, 15) is 0 Å². The molecular weight excluding hydrogens is 265 g/mol. The van der Waals surface area contributed by atoms with Crippen LogP contribution in [0.2, 0.25) is 0 Å². The Bertz CT molecular complexity index is 529. The van der Waals surface area contributed by atoms with Crippen LogP contribution in [0, 0.1) is 0 Å². The molecule has 1 nitrogen and oxygen atoms in total. The van der Waals surface area contributed by atoms with Crippen molar-refractivity contribution in [1.82, 2.24) is 0 Å². The van der Waals surface area contributed by atoms with Gasteiger partial charge in [-0.05, 0) is 25.5 Å². The second kappa shape index (κ2) is 5.21. The Balaban J connectivity index is 2.51. The Morgan fingerprint density at radius 2 is 1.72 bits per heavy atom. The van der Waals surface area contributed by atoms with Crippen molar-refractivity contribution in [3.63, 3.8) is 0 Å². The van der Waals surface area contributed by atoms with Crippen LogP contribution < -0.4 is 5.73 Å². The van der Waals surface area contributed by atoms with Crippen molar-refractivity contribution in [1.29, 1.82) is 0 Å². The van der Waals surface area contributed by atoms with Crippen LogP contribution >= 0.6 is 23.2 Å². The summed E-state index contributed by atoms with van der Waals surface area (Å²) in [4.78, 5) is -0.512. The molecule has 0 aromatic rings. The summed E-state index contributed by atoms with van der Waals surface area (Å²) in [5.74, 6) is 0. The Morgan fingerprint density at radius 3 is 2.50 bits per heavy atom. The van der Waals surface area contributed by atoms with Gasteiger partial charge in [0.15, 0.2) is 0 Å².